The molecule has 1 amide bonds. The van der Waals surface area contributed by atoms with E-state index < -0.39 is 5.91 Å². The Balaban J connectivity index is 2.16. The summed E-state index contributed by atoms with van der Waals surface area (Å²) < 4.78 is 0. The lowest BCUT2D eigenvalue weighted by Crippen LogP contribution is -2.16. The van der Waals surface area contributed by atoms with Gasteiger partial charge in [-0.25, -0.2) is 0 Å². The molecule has 2 N–H and O–H groups in total. The van der Waals surface area contributed by atoms with E-state index in [1.165, 1.54) is 11.8 Å². The Bertz CT molecular complexity index is 844. The zero-order valence-corrected chi connectivity index (χ0v) is 15.1. The monoisotopic (exact) mass is 333 g/mol. The normalized spacial score (nSPS) is 11.1. The molecule has 2 aromatic carbocycles. The zero-order chi connectivity index (χ0) is 18.4. The molecule has 0 saturated carbocycles. The molecule has 0 bridgehead atoms. The second-order valence-corrected chi connectivity index (χ2v) is 6.31. The third-order valence-electron chi connectivity index (χ3n) is 4.09. The van der Waals surface area contributed by atoms with Gasteiger partial charge in [0.1, 0.15) is 11.6 Å². The average molecular weight is 333 g/mol. The number of amides is 1. The molecule has 4 nitrogen and oxygen atoms in total. The molecule has 0 heterocycles. The number of aryl methyl sites for hydroxylation is 2. The highest BCUT2D eigenvalue weighted by molar-refractivity contribution is 6.07. The predicted molar refractivity (Wildman–Crippen MR) is 102 cm³/mol. The molecule has 2 rings (SSSR count). The third kappa shape index (κ3) is 4.71. The summed E-state index contributed by atoms with van der Waals surface area (Å²) in [7, 11) is 0. The standard InChI is InChI=1S/C21H23N3O/c1-14(2)19-7-5-6-8-20(19)24-21(25)17(12-22)13-23-18-10-9-15(3)16(4)11-18/h5-11,13-14,23H,1-4H3,(H,24,25)/b17-13-. The van der Waals surface area contributed by atoms with Gasteiger partial charge < -0.3 is 10.6 Å². The highest BCUT2D eigenvalue weighted by Crippen LogP contribution is 2.24. The Morgan fingerprint density at radius 3 is 2.48 bits per heavy atom. The van der Waals surface area contributed by atoms with Crippen molar-refractivity contribution in [1.29, 1.82) is 5.26 Å². The van der Waals surface area contributed by atoms with Crippen molar-refractivity contribution in [2.75, 3.05) is 10.6 Å². The molecule has 0 unspecified atom stereocenters. The molecule has 0 aliphatic rings. The summed E-state index contributed by atoms with van der Waals surface area (Å²) >= 11 is 0. The summed E-state index contributed by atoms with van der Waals surface area (Å²) in [5.74, 6) is -0.147. The molecule has 128 valence electrons. The fraction of sp³-hybridized carbons (Fsp3) is 0.238. The number of carbonyl (C=O) groups is 1. The van der Waals surface area contributed by atoms with Crippen LogP contribution >= 0.6 is 0 Å². The van der Waals surface area contributed by atoms with E-state index in [1.807, 2.05) is 62.4 Å². The lowest BCUT2D eigenvalue weighted by atomic mass is 10.0. The predicted octanol–water partition coefficient (Wildman–Crippen LogP) is 4.88. The minimum Gasteiger partial charge on any atom is -0.360 e. The van der Waals surface area contributed by atoms with Gasteiger partial charge in [0.15, 0.2) is 0 Å². The van der Waals surface area contributed by atoms with Crippen molar-refractivity contribution in [2.45, 2.75) is 33.6 Å². The summed E-state index contributed by atoms with van der Waals surface area (Å²) in [5.41, 5.74) is 4.97. The summed E-state index contributed by atoms with van der Waals surface area (Å²) in [6.45, 7) is 8.18. The van der Waals surface area contributed by atoms with Crippen LogP contribution in [0.1, 0.15) is 36.5 Å². The number of carbonyl (C=O) groups excluding carboxylic acids is 1. The highest BCUT2D eigenvalue weighted by Gasteiger charge is 2.13. The van der Waals surface area contributed by atoms with Crippen molar-refractivity contribution in [3.05, 3.63) is 70.9 Å². The highest BCUT2D eigenvalue weighted by atomic mass is 16.1. The zero-order valence-electron chi connectivity index (χ0n) is 15.1. The van der Waals surface area contributed by atoms with Gasteiger partial charge >= 0.3 is 0 Å². The Morgan fingerprint density at radius 2 is 1.84 bits per heavy atom. The largest absolute Gasteiger partial charge is 0.360 e. The third-order valence-corrected chi connectivity index (χ3v) is 4.09. The van der Waals surface area contributed by atoms with Crippen LogP contribution in [0, 0.1) is 25.2 Å². The topological polar surface area (TPSA) is 64.9 Å². The van der Waals surface area contributed by atoms with E-state index in [0.29, 0.717) is 0 Å². The smallest absolute Gasteiger partial charge is 0.267 e. The van der Waals surface area contributed by atoms with Crippen LogP contribution in [0.5, 0.6) is 0 Å². The summed E-state index contributed by atoms with van der Waals surface area (Å²) in [5, 5.41) is 15.2. The van der Waals surface area contributed by atoms with E-state index in [1.54, 1.807) is 0 Å². The average Bonchev–Trinajstić information content (AvgIpc) is 2.58. The molecule has 0 aliphatic carbocycles. The summed E-state index contributed by atoms with van der Waals surface area (Å²) in [6.07, 6.45) is 1.44. The molecule has 2 aromatic rings. The Hall–Kier alpha value is -3.06. The Morgan fingerprint density at radius 1 is 1.12 bits per heavy atom. The minimum atomic E-state index is -0.424. The number of anilines is 2. The number of nitriles is 1. The van der Waals surface area contributed by atoms with Gasteiger partial charge in [0, 0.05) is 17.6 Å². The molecule has 0 saturated heterocycles. The first-order valence-electron chi connectivity index (χ1n) is 8.26. The summed E-state index contributed by atoms with van der Waals surface area (Å²) in [6, 6.07) is 15.5. The minimum absolute atomic E-state index is 0.0248. The van der Waals surface area contributed by atoms with Gasteiger partial charge in [-0.2, -0.15) is 5.26 Å². The van der Waals surface area contributed by atoms with Crippen molar-refractivity contribution < 1.29 is 4.79 Å². The van der Waals surface area contributed by atoms with E-state index in [4.69, 9.17) is 0 Å². The van der Waals surface area contributed by atoms with E-state index >= 15 is 0 Å². The van der Waals surface area contributed by atoms with E-state index in [0.717, 1.165) is 22.5 Å². The maximum Gasteiger partial charge on any atom is 0.267 e. The quantitative estimate of drug-likeness (QED) is 0.605. The van der Waals surface area contributed by atoms with Gasteiger partial charge in [-0.15, -0.1) is 0 Å². The molecule has 0 radical (unpaired) electrons. The molecule has 0 aromatic heterocycles. The fourth-order valence-electron chi connectivity index (χ4n) is 2.44. The first-order chi connectivity index (χ1) is 11.9. The van der Waals surface area contributed by atoms with Crippen LogP contribution < -0.4 is 10.6 Å². The molecule has 4 heteroatoms. The van der Waals surface area contributed by atoms with Crippen LogP contribution in [-0.4, -0.2) is 5.91 Å². The van der Waals surface area contributed by atoms with Crippen molar-refractivity contribution in [1.82, 2.24) is 0 Å². The first-order valence-corrected chi connectivity index (χ1v) is 8.26. The maximum absolute atomic E-state index is 12.4. The van der Waals surface area contributed by atoms with Crippen molar-refractivity contribution in [3.63, 3.8) is 0 Å². The molecule has 0 atom stereocenters. The van der Waals surface area contributed by atoms with Crippen molar-refractivity contribution in [2.24, 2.45) is 0 Å². The Labute approximate surface area is 149 Å². The first kappa shape index (κ1) is 18.3. The number of hydrogen-bond acceptors (Lipinski definition) is 3. The van der Waals surface area contributed by atoms with E-state index in [9.17, 15) is 10.1 Å². The van der Waals surface area contributed by atoms with Crippen LogP contribution in [0.25, 0.3) is 0 Å². The molecule has 0 aliphatic heterocycles. The Kier molecular flexibility index (Phi) is 5.97. The second kappa shape index (κ2) is 8.16. The lowest BCUT2D eigenvalue weighted by Gasteiger charge is -2.13. The van der Waals surface area contributed by atoms with Gasteiger partial charge in [-0.3, -0.25) is 4.79 Å². The van der Waals surface area contributed by atoms with Crippen LogP contribution in [0.2, 0.25) is 0 Å². The molecule has 0 fully saturated rings. The molecule has 25 heavy (non-hydrogen) atoms. The number of para-hydroxylation sites is 1. The SMILES string of the molecule is Cc1ccc(N/C=C(/C#N)C(=O)Nc2ccccc2C(C)C)cc1C. The number of benzene rings is 2. The van der Waals surface area contributed by atoms with E-state index in [-0.39, 0.29) is 11.5 Å². The van der Waals surface area contributed by atoms with Crippen molar-refractivity contribution in [3.8, 4) is 6.07 Å². The number of nitrogens with zero attached hydrogens (tertiary/aromatic N) is 1. The molecular formula is C21H23N3O. The van der Waals surface area contributed by atoms with Crippen molar-refractivity contribution >= 4 is 17.3 Å². The van der Waals surface area contributed by atoms with E-state index in [2.05, 4.69) is 24.5 Å². The van der Waals surface area contributed by atoms with Gasteiger partial charge in [0.05, 0.1) is 0 Å². The fourth-order valence-corrected chi connectivity index (χ4v) is 2.44. The maximum atomic E-state index is 12.4. The van der Waals surface area contributed by atoms with Gasteiger partial charge in [-0.05, 0) is 54.7 Å². The molecular weight excluding hydrogens is 310 g/mol. The van der Waals surface area contributed by atoms with Crippen LogP contribution in [0.15, 0.2) is 54.2 Å². The van der Waals surface area contributed by atoms with Crippen LogP contribution in [0.3, 0.4) is 0 Å². The van der Waals surface area contributed by atoms with Crippen LogP contribution in [-0.2, 0) is 4.79 Å². The number of rotatable bonds is 5. The summed E-state index contributed by atoms with van der Waals surface area (Å²) in [4.78, 5) is 12.4. The second-order valence-electron chi connectivity index (χ2n) is 6.31. The van der Waals surface area contributed by atoms with Gasteiger partial charge in [0.2, 0.25) is 0 Å². The lowest BCUT2D eigenvalue weighted by molar-refractivity contribution is -0.112. The number of nitrogens with one attached hydrogen (secondary N) is 2. The van der Waals surface area contributed by atoms with Crippen LogP contribution in [0.4, 0.5) is 11.4 Å². The molecule has 0 spiro atoms. The van der Waals surface area contributed by atoms with Gasteiger partial charge in [-0.1, -0.05) is 38.1 Å². The number of hydrogen-bond donors (Lipinski definition) is 2. The van der Waals surface area contributed by atoms with Gasteiger partial charge in [0.25, 0.3) is 5.91 Å².